The standard InChI is InChI=1S/C13H11BrN2O4/c1-8(16)10(6-15)11(17)7-19-13(18)5-3-9-2-4-12(14)20-9/h2-5H,7,16H2,1H3. The lowest BCUT2D eigenvalue weighted by molar-refractivity contribution is -0.141. The van der Waals surface area contributed by atoms with Gasteiger partial charge in [0.05, 0.1) is 0 Å². The van der Waals surface area contributed by atoms with E-state index in [1.54, 1.807) is 18.2 Å². The number of ether oxygens (including phenoxy) is 1. The number of allylic oxidation sites excluding steroid dienone is 1. The number of furan rings is 1. The minimum absolute atomic E-state index is 0.0875. The Kier molecular flexibility index (Phi) is 5.74. The Morgan fingerprint density at radius 1 is 1.55 bits per heavy atom. The van der Waals surface area contributed by atoms with E-state index in [1.165, 1.54) is 13.0 Å². The minimum Gasteiger partial charge on any atom is -0.454 e. The molecule has 0 spiro atoms. The van der Waals surface area contributed by atoms with E-state index in [2.05, 4.69) is 15.9 Å². The van der Waals surface area contributed by atoms with Crippen LogP contribution in [-0.2, 0) is 14.3 Å². The molecule has 1 aromatic rings. The summed E-state index contributed by atoms with van der Waals surface area (Å²) in [5, 5.41) is 8.71. The Hall–Kier alpha value is -2.33. The molecule has 7 heteroatoms. The molecule has 0 saturated carbocycles. The molecular weight excluding hydrogens is 328 g/mol. The van der Waals surface area contributed by atoms with Gasteiger partial charge in [0.15, 0.2) is 11.3 Å². The topological polar surface area (TPSA) is 106 Å². The largest absolute Gasteiger partial charge is 0.454 e. The number of esters is 1. The van der Waals surface area contributed by atoms with Crippen LogP contribution >= 0.6 is 15.9 Å². The van der Waals surface area contributed by atoms with Crippen LogP contribution in [-0.4, -0.2) is 18.4 Å². The van der Waals surface area contributed by atoms with Gasteiger partial charge in [0, 0.05) is 11.8 Å². The van der Waals surface area contributed by atoms with Crippen LogP contribution in [0.15, 0.2) is 38.6 Å². The highest BCUT2D eigenvalue weighted by atomic mass is 79.9. The summed E-state index contributed by atoms with van der Waals surface area (Å²) in [6.45, 7) is 0.884. The number of hydrogen-bond acceptors (Lipinski definition) is 6. The molecule has 0 bridgehead atoms. The van der Waals surface area contributed by atoms with Gasteiger partial charge in [0.1, 0.15) is 17.4 Å². The van der Waals surface area contributed by atoms with Gasteiger partial charge in [0.25, 0.3) is 0 Å². The Morgan fingerprint density at radius 3 is 2.75 bits per heavy atom. The van der Waals surface area contributed by atoms with Crippen molar-refractivity contribution in [1.29, 1.82) is 5.26 Å². The molecule has 0 fully saturated rings. The van der Waals surface area contributed by atoms with Crippen LogP contribution in [0.1, 0.15) is 12.7 Å². The van der Waals surface area contributed by atoms with Crippen molar-refractivity contribution in [1.82, 2.24) is 0 Å². The van der Waals surface area contributed by atoms with Crippen molar-refractivity contribution in [2.45, 2.75) is 6.92 Å². The van der Waals surface area contributed by atoms with E-state index in [9.17, 15) is 9.59 Å². The summed E-state index contributed by atoms with van der Waals surface area (Å²) in [5.74, 6) is -0.914. The van der Waals surface area contributed by atoms with Gasteiger partial charge in [-0.05, 0) is 41.1 Å². The molecule has 20 heavy (non-hydrogen) atoms. The van der Waals surface area contributed by atoms with E-state index in [-0.39, 0.29) is 11.3 Å². The molecule has 0 aliphatic carbocycles. The average molecular weight is 339 g/mol. The number of carbonyl (C=O) groups excluding carboxylic acids is 2. The highest BCUT2D eigenvalue weighted by Gasteiger charge is 2.13. The molecule has 0 aliphatic rings. The maximum atomic E-state index is 11.5. The van der Waals surface area contributed by atoms with Gasteiger partial charge < -0.3 is 14.9 Å². The fourth-order valence-electron chi connectivity index (χ4n) is 1.20. The molecule has 0 radical (unpaired) electrons. The summed E-state index contributed by atoms with van der Waals surface area (Å²) in [6, 6.07) is 4.98. The summed E-state index contributed by atoms with van der Waals surface area (Å²) in [6.07, 6.45) is 2.51. The van der Waals surface area contributed by atoms with E-state index in [0.29, 0.717) is 10.4 Å². The first-order chi connectivity index (χ1) is 9.43. The van der Waals surface area contributed by atoms with E-state index in [4.69, 9.17) is 20.1 Å². The lowest BCUT2D eigenvalue weighted by Crippen LogP contribution is -2.16. The molecule has 1 rings (SSSR count). The molecule has 0 unspecified atom stereocenters. The third-order valence-corrected chi connectivity index (χ3v) is 2.53. The molecule has 0 amide bonds. The fourth-order valence-corrected chi connectivity index (χ4v) is 1.51. The van der Waals surface area contributed by atoms with E-state index in [1.807, 2.05) is 0 Å². The second-order valence-electron chi connectivity index (χ2n) is 3.68. The molecule has 2 N–H and O–H groups in total. The maximum Gasteiger partial charge on any atom is 0.331 e. The van der Waals surface area contributed by atoms with Crippen LogP contribution < -0.4 is 5.73 Å². The molecule has 0 atom stereocenters. The number of ketones is 1. The fraction of sp³-hybridized carbons (Fsp3) is 0.154. The molecule has 6 nitrogen and oxygen atoms in total. The van der Waals surface area contributed by atoms with Gasteiger partial charge >= 0.3 is 5.97 Å². The van der Waals surface area contributed by atoms with Gasteiger partial charge in [-0.2, -0.15) is 5.26 Å². The summed E-state index contributed by atoms with van der Waals surface area (Å²) in [7, 11) is 0. The van der Waals surface area contributed by atoms with Crippen LogP contribution in [0.5, 0.6) is 0 Å². The van der Waals surface area contributed by atoms with E-state index >= 15 is 0 Å². The van der Waals surface area contributed by atoms with Gasteiger partial charge in [-0.3, -0.25) is 4.79 Å². The lowest BCUT2D eigenvalue weighted by atomic mass is 10.1. The number of rotatable bonds is 5. The molecule has 104 valence electrons. The molecule has 0 aliphatic heterocycles. The number of hydrogen-bond donors (Lipinski definition) is 1. The van der Waals surface area contributed by atoms with Crippen molar-refractivity contribution >= 4 is 33.8 Å². The summed E-state index contributed by atoms with van der Waals surface area (Å²) in [5.41, 5.74) is 5.23. The first kappa shape index (κ1) is 15.7. The zero-order valence-electron chi connectivity index (χ0n) is 10.6. The Morgan fingerprint density at radius 2 is 2.25 bits per heavy atom. The highest BCUT2D eigenvalue weighted by Crippen LogP contribution is 2.15. The molecular formula is C13H11BrN2O4. The second kappa shape index (κ2) is 7.31. The Labute approximate surface area is 123 Å². The number of carbonyl (C=O) groups is 2. The smallest absolute Gasteiger partial charge is 0.331 e. The van der Waals surface area contributed by atoms with Crippen LogP contribution in [0.3, 0.4) is 0 Å². The quantitative estimate of drug-likeness (QED) is 0.499. The van der Waals surface area contributed by atoms with Crippen LogP contribution in [0.4, 0.5) is 0 Å². The molecule has 0 aromatic carbocycles. The molecule has 0 saturated heterocycles. The van der Waals surface area contributed by atoms with Crippen molar-refractivity contribution in [2.24, 2.45) is 5.73 Å². The van der Waals surface area contributed by atoms with Crippen LogP contribution in [0, 0.1) is 11.3 Å². The minimum atomic E-state index is -0.724. The zero-order valence-corrected chi connectivity index (χ0v) is 12.1. The maximum absolute atomic E-state index is 11.5. The van der Waals surface area contributed by atoms with Crippen molar-refractivity contribution in [2.75, 3.05) is 6.61 Å². The second-order valence-corrected chi connectivity index (χ2v) is 4.46. The number of nitrogens with zero attached hydrogens (tertiary/aromatic N) is 1. The van der Waals surface area contributed by atoms with Crippen molar-refractivity contribution < 1.29 is 18.7 Å². The number of nitriles is 1. The predicted molar refractivity (Wildman–Crippen MR) is 73.9 cm³/mol. The van der Waals surface area contributed by atoms with E-state index in [0.717, 1.165) is 6.08 Å². The monoisotopic (exact) mass is 338 g/mol. The number of nitrogens with two attached hydrogens (primary N) is 1. The van der Waals surface area contributed by atoms with Crippen LogP contribution in [0.2, 0.25) is 0 Å². The normalized spacial score (nSPS) is 11.8. The van der Waals surface area contributed by atoms with Crippen molar-refractivity contribution in [3.05, 3.63) is 39.9 Å². The zero-order chi connectivity index (χ0) is 15.1. The molecule has 1 heterocycles. The summed E-state index contributed by atoms with van der Waals surface area (Å²) < 4.78 is 10.4. The third-order valence-electron chi connectivity index (χ3n) is 2.11. The first-order valence-electron chi connectivity index (χ1n) is 5.44. The number of Topliss-reactive ketones (excluding diaryl/α,β-unsaturated/α-hetero) is 1. The summed E-state index contributed by atoms with van der Waals surface area (Å²) in [4.78, 5) is 22.9. The van der Waals surface area contributed by atoms with E-state index < -0.39 is 18.4 Å². The van der Waals surface area contributed by atoms with Crippen molar-refractivity contribution in [3.8, 4) is 6.07 Å². The van der Waals surface area contributed by atoms with Crippen molar-refractivity contribution in [3.63, 3.8) is 0 Å². The molecule has 1 aromatic heterocycles. The van der Waals surface area contributed by atoms with Gasteiger partial charge in [-0.1, -0.05) is 0 Å². The van der Waals surface area contributed by atoms with Gasteiger partial charge in [-0.15, -0.1) is 0 Å². The predicted octanol–water partition coefficient (Wildman–Crippen LogP) is 1.92. The Balaban J connectivity index is 2.53. The van der Waals surface area contributed by atoms with Crippen LogP contribution in [0.25, 0.3) is 6.08 Å². The number of halogens is 1. The Bertz CT molecular complexity index is 619. The third kappa shape index (κ3) is 4.74. The highest BCUT2D eigenvalue weighted by molar-refractivity contribution is 9.10. The summed E-state index contributed by atoms with van der Waals surface area (Å²) >= 11 is 3.12. The van der Waals surface area contributed by atoms with Gasteiger partial charge in [0.2, 0.25) is 5.78 Å². The first-order valence-corrected chi connectivity index (χ1v) is 6.23. The lowest BCUT2D eigenvalue weighted by Gasteiger charge is -2.01. The SMILES string of the molecule is CC(N)=C(C#N)C(=O)COC(=O)C=Cc1ccc(Br)o1. The van der Waals surface area contributed by atoms with Gasteiger partial charge in [-0.25, -0.2) is 4.79 Å². The average Bonchev–Trinajstić information content (AvgIpc) is 2.80.